The molecule has 9 heteroatoms. The Morgan fingerprint density at radius 1 is 1.19 bits per heavy atom. The summed E-state index contributed by atoms with van der Waals surface area (Å²) < 4.78 is 2.10. The number of nitrogens with zero attached hydrogens (tertiary/aromatic N) is 6. The number of H-pyrrole nitrogens is 1. The first-order chi connectivity index (χ1) is 13.3. The molecule has 27 heavy (non-hydrogen) atoms. The maximum atomic E-state index is 5.63. The first-order valence-electron chi connectivity index (χ1n) is 9.13. The summed E-state index contributed by atoms with van der Waals surface area (Å²) in [7, 11) is 0. The van der Waals surface area contributed by atoms with Crippen molar-refractivity contribution < 1.29 is 0 Å². The quantitative estimate of drug-likeness (QED) is 0.726. The molecule has 0 saturated heterocycles. The largest absolute Gasteiger partial charge is 0.368 e. The van der Waals surface area contributed by atoms with Gasteiger partial charge in [-0.1, -0.05) is 0 Å². The highest BCUT2D eigenvalue weighted by Gasteiger charge is 2.25. The maximum Gasteiger partial charge on any atom is 0.216 e. The molecule has 0 atom stereocenters. The summed E-state index contributed by atoms with van der Waals surface area (Å²) in [5.74, 6) is 0.413. The summed E-state index contributed by atoms with van der Waals surface area (Å²) in [6.45, 7) is 0.644. The van der Waals surface area contributed by atoms with Crippen molar-refractivity contribution in [3.8, 4) is 11.3 Å². The maximum absolute atomic E-state index is 5.63. The molecule has 0 amide bonds. The number of fused-ring (bicyclic) bond motifs is 1. The van der Waals surface area contributed by atoms with Crippen LogP contribution in [0.1, 0.15) is 31.7 Å². The number of nitrogens with one attached hydrogen (secondary N) is 1. The molecule has 138 valence electrons. The fourth-order valence-corrected chi connectivity index (χ4v) is 4.97. The van der Waals surface area contributed by atoms with E-state index >= 15 is 0 Å². The number of rotatable bonds is 3. The van der Waals surface area contributed by atoms with Gasteiger partial charge in [0, 0.05) is 28.6 Å². The van der Waals surface area contributed by atoms with Crippen molar-refractivity contribution in [1.82, 2.24) is 24.7 Å². The molecule has 5 rings (SSSR count). The molecule has 3 N–H and O–H groups in total. The molecule has 1 fully saturated rings. The van der Waals surface area contributed by atoms with Crippen LogP contribution in [0.2, 0.25) is 0 Å². The normalized spacial score (nSPS) is 22.8. The van der Waals surface area contributed by atoms with Gasteiger partial charge < -0.3 is 10.7 Å². The average molecular weight is 380 g/mol. The van der Waals surface area contributed by atoms with Gasteiger partial charge in [-0.15, -0.1) is 11.8 Å². The van der Waals surface area contributed by atoms with E-state index in [2.05, 4.69) is 40.9 Å². The van der Waals surface area contributed by atoms with Crippen molar-refractivity contribution >= 4 is 33.8 Å². The van der Waals surface area contributed by atoms with Gasteiger partial charge in [0.1, 0.15) is 12.0 Å². The van der Waals surface area contributed by atoms with E-state index in [1.807, 2.05) is 30.2 Å². The molecule has 1 aliphatic carbocycles. The molecule has 1 aliphatic heterocycles. The highest BCUT2D eigenvalue weighted by atomic mass is 32.2. The van der Waals surface area contributed by atoms with E-state index < -0.39 is 0 Å². The third-order valence-electron chi connectivity index (χ3n) is 5.17. The highest BCUT2D eigenvalue weighted by molar-refractivity contribution is 8.14. The summed E-state index contributed by atoms with van der Waals surface area (Å²) in [5, 5.41) is 7.30. The third kappa shape index (κ3) is 3.23. The predicted octanol–water partition coefficient (Wildman–Crippen LogP) is 2.77. The van der Waals surface area contributed by atoms with Gasteiger partial charge in [0.25, 0.3) is 0 Å². The molecule has 1 saturated carbocycles. The van der Waals surface area contributed by atoms with Crippen LogP contribution in [0.25, 0.3) is 22.3 Å². The fourth-order valence-electron chi connectivity index (χ4n) is 3.79. The Morgan fingerprint density at radius 3 is 2.89 bits per heavy atom. The van der Waals surface area contributed by atoms with Crippen LogP contribution in [-0.2, 0) is 0 Å². The van der Waals surface area contributed by atoms with Crippen molar-refractivity contribution in [3.63, 3.8) is 0 Å². The zero-order valence-corrected chi connectivity index (χ0v) is 15.6. The van der Waals surface area contributed by atoms with Gasteiger partial charge in [-0.3, -0.25) is 4.68 Å². The van der Waals surface area contributed by atoms with E-state index in [1.165, 1.54) is 0 Å². The second-order valence-corrected chi connectivity index (χ2v) is 8.27. The van der Waals surface area contributed by atoms with Crippen molar-refractivity contribution in [2.45, 2.75) is 37.0 Å². The standard InChI is InChI=1S/C18H20N8S/c19-18-21-8-15(25-18)27-13-3-1-12(2-4-13)26-9-11(7-24-26)16-14-5-6-20-17(14)23-10-22-16/h5-7,9-10,12-13H,1-4,8H2,(H2,19,21)(H,20,22,23). The van der Waals surface area contributed by atoms with Crippen molar-refractivity contribution in [1.29, 1.82) is 0 Å². The minimum absolute atomic E-state index is 0.413. The first-order valence-corrected chi connectivity index (χ1v) is 10.0. The predicted molar refractivity (Wildman–Crippen MR) is 108 cm³/mol. The van der Waals surface area contributed by atoms with Gasteiger partial charge in [0.05, 0.1) is 29.5 Å². The lowest BCUT2D eigenvalue weighted by Crippen LogP contribution is -2.21. The van der Waals surface area contributed by atoms with E-state index in [0.29, 0.717) is 23.8 Å². The third-order valence-corrected chi connectivity index (χ3v) is 6.46. The minimum atomic E-state index is 0.413. The lowest BCUT2D eigenvalue weighted by molar-refractivity contribution is 0.335. The van der Waals surface area contributed by atoms with Gasteiger partial charge in [0.2, 0.25) is 5.96 Å². The summed E-state index contributed by atoms with van der Waals surface area (Å²) in [6, 6.07) is 2.44. The number of aliphatic imine (C=N–C) groups is 2. The first kappa shape index (κ1) is 16.5. The molecule has 0 radical (unpaired) electrons. The molecular weight excluding hydrogens is 360 g/mol. The number of aromatic amines is 1. The molecule has 0 spiro atoms. The smallest absolute Gasteiger partial charge is 0.216 e. The Balaban J connectivity index is 1.26. The Morgan fingerprint density at radius 2 is 2.07 bits per heavy atom. The van der Waals surface area contributed by atoms with Gasteiger partial charge in [0.15, 0.2) is 0 Å². The van der Waals surface area contributed by atoms with Crippen LogP contribution < -0.4 is 5.73 Å². The lowest BCUT2D eigenvalue weighted by Gasteiger charge is -2.28. The van der Waals surface area contributed by atoms with E-state index in [0.717, 1.165) is 53.0 Å². The van der Waals surface area contributed by atoms with Crippen LogP contribution >= 0.6 is 11.8 Å². The number of aromatic nitrogens is 5. The SMILES string of the molecule is NC1=NCC(SC2CCC(n3cc(-c4ncnc5[nH]ccc45)cn3)CC2)=N1. The van der Waals surface area contributed by atoms with Gasteiger partial charge >= 0.3 is 0 Å². The summed E-state index contributed by atoms with van der Waals surface area (Å²) >= 11 is 1.84. The fraction of sp³-hybridized carbons (Fsp3) is 0.389. The molecule has 2 aliphatic rings. The molecule has 0 bridgehead atoms. The molecular formula is C18H20N8S. The molecule has 3 aromatic heterocycles. The Kier molecular flexibility index (Phi) is 4.16. The zero-order valence-electron chi connectivity index (χ0n) is 14.7. The summed E-state index contributed by atoms with van der Waals surface area (Å²) in [4.78, 5) is 20.3. The topological polar surface area (TPSA) is 110 Å². The zero-order chi connectivity index (χ0) is 18.2. The molecule has 3 aromatic rings. The van der Waals surface area contributed by atoms with E-state index in [-0.39, 0.29) is 0 Å². The van der Waals surface area contributed by atoms with Gasteiger partial charge in [-0.05, 0) is 31.7 Å². The van der Waals surface area contributed by atoms with Crippen molar-refractivity contribution in [2.75, 3.05) is 6.54 Å². The number of hydrogen-bond acceptors (Lipinski definition) is 7. The summed E-state index contributed by atoms with van der Waals surface area (Å²) in [5.41, 5.74) is 8.44. The van der Waals surface area contributed by atoms with Crippen LogP contribution in [0.4, 0.5) is 0 Å². The van der Waals surface area contributed by atoms with E-state index in [4.69, 9.17) is 5.73 Å². The van der Waals surface area contributed by atoms with Crippen LogP contribution in [-0.4, -0.2) is 47.5 Å². The summed E-state index contributed by atoms with van der Waals surface area (Å²) in [6.07, 6.45) is 12.0. The molecule has 4 heterocycles. The Bertz CT molecular complexity index is 1020. The monoisotopic (exact) mass is 380 g/mol. The van der Waals surface area contributed by atoms with Crippen LogP contribution in [0.15, 0.2) is 41.0 Å². The number of guanidine groups is 1. The van der Waals surface area contributed by atoms with E-state index in [9.17, 15) is 0 Å². The second-order valence-electron chi connectivity index (χ2n) is 6.90. The lowest BCUT2D eigenvalue weighted by atomic mass is 9.95. The Hall–Kier alpha value is -2.68. The average Bonchev–Trinajstić information content (AvgIpc) is 3.42. The van der Waals surface area contributed by atoms with Gasteiger partial charge in [-0.2, -0.15) is 5.10 Å². The van der Waals surface area contributed by atoms with Crippen molar-refractivity contribution in [2.24, 2.45) is 15.7 Å². The van der Waals surface area contributed by atoms with E-state index in [1.54, 1.807) is 6.33 Å². The minimum Gasteiger partial charge on any atom is -0.368 e. The Labute approximate surface area is 160 Å². The number of thioether (sulfide) groups is 1. The van der Waals surface area contributed by atoms with Crippen LogP contribution in [0.5, 0.6) is 0 Å². The van der Waals surface area contributed by atoms with Crippen LogP contribution in [0.3, 0.4) is 0 Å². The highest BCUT2D eigenvalue weighted by Crippen LogP contribution is 2.36. The number of nitrogens with two attached hydrogens (primary N) is 1. The molecule has 0 aromatic carbocycles. The van der Waals surface area contributed by atoms with Gasteiger partial charge in [-0.25, -0.2) is 20.0 Å². The molecule has 0 unspecified atom stereocenters. The number of hydrogen-bond donors (Lipinski definition) is 2. The second kappa shape index (κ2) is 6.80. The van der Waals surface area contributed by atoms with Crippen molar-refractivity contribution in [3.05, 3.63) is 31.0 Å². The molecule has 8 nitrogen and oxygen atoms in total. The van der Waals surface area contributed by atoms with Crippen LogP contribution in [0, 0.1) is 0 Å².